The van der Waals surface area contributed by atoms with Crippen LogP contribution in [0.2, 0.25) is 0 Å². The Balaban J connectivity index is 2.45. The summed E-state index contributed by atoms with van der Waals surface area (Å²) in [6.45, 7) is 1.30. The van der Waals surface area contributed by atoms with Crippen molar-refractivity contribution in [2.75, 3.05) is 28.4 Å². The lowest BCUT2D eigenvalue weighted by atomic mass is 9.88. The third-order valence-corrected chi connectivity index (χ3v) is 4.14. The number of aliphatic hydroxyl groups excluding tert-OH is 1. The third-order valence-electron chi connectivity index (χ3n) is 4.14. The molecule has 0 bridgehead atoms. The summed E-state index contributed by atoms with van der Waals surface area (Å²) in [4.78, 5) is 11.1. The van der Waals surface area contributed by atoms with Crippen LogP contribution in [0.5, 0.6) is 11.5 Å². The van der Waals surface area contributed by atoms with Crippen LogP contribution in [-0.4, -0.2) is 39.5 Å². The van der Waals surface area contributed by atoms with E-state index in [1.807, 2.05) is 0 Å². The summed E-state index contributed by atoms with van der Waals surface area (Å²) in [7, 11) is 6.08. The summed E-state index contributed by atoms with van der Waals surface area (Å²) in [6, 6.07) is 5.18. The smallest absolute Gasteiger partial charge is 0.307 e. The molecule has 0 fully saturated rings. The van der Waals surface area contributed by atoms with Gasteiger partial charge in [0.25, 0.3) is 0 Å². The molecule has 0 saturated heterocycles. The number of carbonyl (C=O) groups is 1. The lowest BCUT2D eigenvalue weighted by Gasteiger charge is -2.28. The molecule has 0 radical (unpaired) electrons. The molecule has 27 heavy (non-hydrogen) atoms. The lowest BCUT2D eigenvalue weighted by Crippen LogP contribution is -2.19. The minimum Gasteiger partial charge on any atom is -0.500 e. The number of benzene rings is 1. The molecule has 0 amide bonds. The van der Waals surface area contributed by atoms with Gasteiger partial charge in [0, 0.05) is 12.5 Å². The largest absolute Gasteiger partial charge is 0.500 e. The van der Waals surface area contributed by atoms with E-state index in [1.54, 1.807) is 37.5 Å². The predicted octanol–water partition coefficient (Wildman–Crippen LogP) is 2.87. The van der Waals surface area contributed by atoms with Crippen molar-refractivity contribution in [1.82, 2.24) is 0 Å². The van der Waals surface area contributed by atoms with Crippen LogP contribution in [0.15, 0.2) is 53.7 Å². The van der Waals surface area contributed by atoms with E-state index in [0.717, 1.165) is 0 Å². The van der Waals surface area contributed by atoms with Gasteiger partial charge in [-0.15, -0.1) is 0 Å². The van der Waals surface area contributed by atoms with E-state index in [-0.39, 0.29) is 0 Å². The molecule has 0 unspecified atom stereocenters. The maximum absolute atomic E-state index is 11.1. The van der Waals surface area contributed by atoms with Crippen molar-refractivity contribution in [3.8, 4) is 11.5 Å². The second-order valence-corrected chi connectivity index (χ2v) is 5.75. The van der Waals surface area contributed by atoms with Crippen LogP contribution >= 0.6 is 0 Å². The molecule has 1 N–H and O–H groups in total. The molecule has 0 aliphatic heterocycles. The Morgan fingerprint density at radius 3 is 2.41 bits per heavy atom. The van der Waals surface area contributed by atoms with Crippen molar-refractivity contribution in [2.24, 2.45) is 5.92 Å². The monoisotopic (exact) mass is 376 g/mol. The van der Waals surface area contributed by atoms with Gasteiger partial charge in [-0.3, -0.25) is 4.79 Å². The molecule has 0 aromatic heterocycles. The molecule has 2 atom stereocenters. The average Bonchev–Trinajstić information content (AvgIpc) is 2.70. The van der Waals surface area contributed by atoms with Gasteiger partial charge in [-0.1, -0.05) is 0 Å². The Kier molecular flexibility index (Phi) is 6.90. The number of methoxy groups -OCH3 is 4. The van der Waals surface area contributed by atoms with Crippen molar-refractivity contribution in [1.29, 1.82) is 0 Å². The van der Waals surface area contributed by atoms with E-state index in [9.17, 15) is 9.90 Å². The number of carbonyl (C=O) groups excluding carboxylic acids is 1. The zero-order valence-electron chi connectivity index (χ0n) is 16.0. The van der Waals surface area contributed by atoms with E-state index in [1.165, 1.54) is 34.5 Å². The van der Waals surface area contributed by atoms with Crippen LogP contribution in [0.3, 0.4) is 0 Å². The van der Waals surface area contributed by atoms with E-state index in [2.05, 4.69) is 0 Å². The summed E-state index contributed by atoms with van der Waals surface area (Å²) >= 11 is 0. The maximum atomic E-state index is 11.1. The van der Waals surface area contributed by atoms with Crippen molar-refractivity contribution in [2.45, 2.75) is 13.0 Å². The summed E-state index contributed by atoms with van der Waals surface area (Å²) in [6.07, 6.45) is 3.66. The van der Waals surface area contributed by atoms with Crippen molar-refractivity contribution in [3.05, 3.63) is 59.3 Å². The van der Waals surface area contributed by atoms with Gasteiger partial charge in [0.05, 0.1) is 46.0 Å². The minimum absolute atomic E-state index is 0.447. The molecule has 0 heterocycles. The molecule has 0 saturated carbocycles. The van der Waals surface area contributed by atoms with Gasteiger partial charge in [-0.05, 0) is 30.4 Å². The number of esters is 1. The molecule has 7 nitrogen and oxygen atoms in total. The van der Waals surface area contributed by atoms with Gasteiger partial charge in [0.1, 0.15) is 29.3 Å². The fourth-order valence-electron chi connectivity index (χ4n) is 2.79. The highest BCUT2D eigenvalue weighted by atomic mass is 16.5. The number of ether oxygens (including phenoxy) is 5. The van der Waals surface area contributed by atoms with Gasteiger partial charge >= 0.3 is 5.97 Å². The Morgan fingerprint density at radius 2 is 1.85 bits per heavy atom. The van der Waals surface area contributed by atoms with Gasteiger partial charge in [0.15, 0.2) is 0 Å². The van der Waals surface area contributed by atoms with Crippen molar-refractivity contribution >= 4 is 5.97 Å². The van der Waals surface area contributed by atoms with Crippen LogP contribution in [0.25, 0.3) is 0 Å². The van der Waals surface area contributed by atoms with Gasteiger partial charge in [-0.25, -0.2) is 0 Å². The highest BCUT2D eigenvalue weighted by Crippen LogP contribution is 2.40. The normalized spacial score (nSPS) is 18.9. The maximum Gasteiger partial charge on any atom is 0.307 e. The molecule has 146 valence electrons. The SMILES string of the molecule is COC1=C[C@@H]([C@@H](O)c2cc(OC)ccc2OC)C(OC)=C/C1=C/OC(C)=O. The molecule has 2 rings (SSSR count). The summed E-state index contributed by atoms with van der Waals surface area (Å²) in [5.41, 5.74) is 1.06. The number of allylic oxidation sites excluding steroid dienone is 1. The fourth-order valence-corrected chi connectivity index (χ4v) is 2.79. The van der Waals surface area contributed by atoms with E-state index in [0.29, 0.717) is 34.2 Å². The van der Waals surface area contributed by atoms with Gasteiger partial charge < -0.3 is 28.8 Å². The van der Waals surface area contributed by atoms with E-state index < -0.39 is 18.0 Å². The first-order valence-electron chi connectivity index (χ1n) is 8.24. The zero-order chi connectivity index (χ0) is 20.0. The van der Waals surface area contributed by atoms with Crippen LogP contribution < -0.4 is 9.47 Å². The van der Waals surface area contributed by atoms with E-state index >= 15 is 0 Å². The second-order valence-electron chi connectivity index (χ2n) is 5.75. The molecular formula is C20H24O7. The lowest BCUT2D eigenvalue weighted by molar-refractivity contribution is -0.135. The predicted molar refractivity (Wildman–Crippen MR) is 98.0 cm³/mol. The highest BCUT2D eigenvalue weighted by molar-refractivity contribution is 5.67. The quantitative estimate of drug-likeness (QED) is 0.579. The molecule has 0 spiro atoms. The molecule has 1 aromatic rings. The molecule has 7 heteroatoms. The fraction of sp³-hybridized carbons (Fsp3) is 0.350. The minimum atomic E-state index is -0.985. The Hall–Kier alpha value is -2.93. The zero-order valence-corrected chi connectivity index (χ0v) is 16.0. The molecule has 1 aliphatic carbocycles. The molecule has 1 aromatic carbocycles. The third kappa shape index (κ3) is 4.62. The van der Waals surface area contributed by atoms with Crippen LogP contribution in [0.1, 0.15) is 18.6 Å². The number of hydrogen-bond acceptors (Lipinski definition) is 7. The topological polar surface area (TPSA) is 83.5 Å². The average molecular weight is 376 g/mol. The first-order valence-corrected chi connectivity index (χ1v) is 8.24. The Bertz CT molecular complexity index is 777. The molecule has 1 aliphatic rings. The first kappa shape index (κ1) is 20.4. The summed E-state index contributed by atoms with van der Waals surface area (Å²) in [5, 5.41) is 11.0. The number of hydrogen-bond donors (Lipinski definition) is 1. The van der Waals surface area contributed by atoms with Crippen LogP contribution in [-0.2, 0) is 19.0 Å². The Morgan fingerprint density at radius 1 is 1.11 bits per heavy atom. The van der Waals surface area contributed by atoms with Crippen molar-refractivity contribution < 1.29 is 33.6 Å². The summed E-state index contributed by atoms with van der Waals surface area (Å²) in [5.74, 6) is 1.05. The van der Waals surface area contributed by atoms with Crippen LogP contribution in [0, 0.1) is 5.92 Å². The number of rotatable bonds is 7. The van der Waals surface area contributed by atoms with E-state index in [4.69, 9.17) is 23.7 Å². The van der Waals surface area contributed by atoms with Gasteiger partial charge in [-0.2, -0.15) is 0 Å². The molecular weight excluding hydrogens is 352 g/mol. The standard InChI is InChI=1S/C20H24O7/c1-12(21)27-11-13-8-19(26-5)16(10-18(13)25-4)20(22)15-9-14(23-2)6-7-17(15)24-3/h6-11,16,20,22H,1-5H3/b13-11-/t16-,20+/m1/s1. The number of aliphatic hydroxyl groups is 1. The first-order chi connectivity index (χ1) is 12.9. The second kappa shape index (κ2) is 9.14. The van der Waals surface area contributed by atoms with Gasteiger partial charge in [0.2, 0.25) is 0 Å². The van der Waals surface area contributed by atoms with Crippen LogP contribution in [0.4, 0.5) is 0 Å². The Labute approximate surface area is 158 Å². The van der Waals surface area contributed by atoms with Crippen molar-refractivity contribution in [3.63, 3.8) is 0 Å². The highest BCUT2D eigenvalue weighted by Gasteiger charge is 2.31. The summed E-state index contributed by atoms with van der Waals surface area (Å²) < 4.78 is 26.4.